The summed E-state index contributed by atoms with van der Waals surface area (Å²) < 4.78 is 0. The molecular formula is C17H12O2. The van der Waals surface area contributed by atoms with Gasteiger partial charge in [0.25, 0.3) is 0 Å². The molecule has 0 amide bonds. The van der Waals surface area contributed by atoms with Crippen LogP contribution in [-0.2, 0) is 0 Å². The van der Waals surface area contributed by atoms with Gasteiger partial charge < -0.3 is 5.11 Å². The third-order valence-corrected chi connectivity index (χ3v) is 3.26. The van der Waals surface area contributed by atoms with E-state index in [2.05, 4.69) is 0 Å². The van der Waals surface area contributed by atoms with Gasteiger partial charge in [-0.25, -0.2) is 0 Å². The highest BCUT2D eigenvalue weighted by atomic mass is 16.3. The summed E-state index contributed by atoms with van der Waals surface area (Å²) in [5, 5.41) is 11.7. The maximum absolute atomic E-state index is 11.1. The average Bonchev–Trinajstić information content (AvgIpc) is 2.49. The van der Waals surface area contributed by atoms with Gasteiger partial charge in [0, 0.05) is 5.39 Å². The highest BCUT2D eigenvalue weighted by Crippen LogP contribution is 2.36. The second kappa shape index (κ2) is 4.58. The van der Waals surface area contributed by atoms with Crippen molar-refractivity contribution in [1.29, 1.82) is 0 Å². The molecule has 3 aromatic carbocycles. The zero-order valence-corrected chi connectivity index (χ0v) is 10.2. The molecule has 3 aromatic rings. The first-order valence-electron chi connectivity index (χ1n) is 6.06. The number of hydrogen-bond acceptors (Lipinski definition) is 2. The smallest absolute Gasteiger partial charge is 0.153 e. The minimum Gasteiger partial charge on any atom is -0.507 e. The van der Waals surface area contributed by atoms with Gasteiger partial charge in [0.1, 0.15) is 5.75 Å². The number of hydrogen-bond donors (Lipinski definition) is 1. The van der Waals surface area contributed by atoms with E-state index >= 15 is 0 Å². The summed E-state index contributed by atoms with van der Waals surface area (Å²) in [6.07, 6.45) is 0.689. The molecule has 2 nitrogen and oxygen atoms in total. The Bertz CT molecular complexity index is 746. The lowest BCUT2D eigenvalue weighted by Gasteiger charge is -2.10. The van der Waals surface area contributed by atoms with Crippen molar-refractivity contribution in [1.82, 2.24) is 0 Å². The van der Waals surface area contributed by atoms with Crippen molar-refractivity contribution in [3.63, 3.8) is 0 Å². The second-order valence-electron chi connectivity index (χ2n) is 4.39. The minimum absolute atomic E-state index is 0.0466. The van der Waals surface area contributed by atoms with Crippen LogP contribution in [0.2, 0.25) is 0 Å². The molecule has 0 aliphatic heterocycles. The van der Waals surface area contributed by atoms with Gasteiger partial charge in [0.2, 0.25) is 0 Å². The molecule has 19 heavy (non-hydrogen) atoms. The highest BCUT2D eigenvalue weighted by molar-refractivity contribution is 6.04. The van der Waals surface area contributed by atoms with Crippen molar-refractivity contribution >= 4 is 17.1 Å². The molecule has 0 aliphatic rings. The van der Waals surface area contributed by atoms with Gasteiger partial charge in [-0.1, -0.05) is 54.6 Å². The van der Waals surface area contributed by atoms with Crippen LogP contribution >= 0.6 is 0 Å². The molecule has 0 heterocycles. The zero-order chi connectivity index (χ0) is 13.2. The highest BCUT2D eigenvalue weighted by Gasteiger charge is 2.11. The van der Waals surface area contributed by atoms with Crippen molar-refractivity contribution < 1.29 is 9.90 Å². The largest absolute Gasteiger partial charge is 0.507 e. The lowest BCUT2D eigenvalue weighted by molar-refractivity contribution is 0.112. The van der Waals surface area contributed by atoms with E-state index in [0.717, 1.165) is 16.5 Å². The summed E-state index contributed by atoms with van der Waals surface area (Å²) in [6.45, 7) is 0. The Hall–Kier alpha value is -2.61. The molecule has 2 heteroatoms. The number of carbonyl (C=O) groups is 1. The Kier molecular flexibility index (Phi) is 2.76. The first kappa shape index (κ1) is 11.5. The van der Waals surface area contributed by atoms with Crippen molar-refractivity contribution in [3.8, 4) is 16.9 Å². The normalized spacial score (nSPS) is 10.5. The summed E-state index contributed by atoms with van der Waals surface area (Å²) in [7, 11) is 0. The topological polar surface area (TPSA) is 37.3 Å². The number of aldehydes is 1. The van der Waals surface area contributed by atoms with Gasteiger partial charge in [-0.2, -0.15) is 0 Å². The van der Waals surface area contributed by atoms with E-state index in [1.54, 1.807) is 6.07 Å². The summed E-state index contributed by atoms with van der Waals surface area (Å²) in [5.41, 5.74) is 2.30. The van der Waals surface area contributed by atoms with Crippen LogP contribution in [0.15, 0.2) is 60.7 Å². The van der Waals surface area contributed by atoms with Crippen LogP contribution in [0.3, 0.4) is 0 Å². The summed E-state index contributed by atoms with van der Waals surface area (Å²) in [4.78, 5) is 11.1. The lowest BCUT2D eigenvalue weighted by atomic mass is 9.95. The van der Waals surface area contributed by atoms with Crippen molar-refractivity contribution in [3.05, 3.63) is 66.2 Å². The molecule has 0 fully saturated rings. The summed E-state index contributed by atoms with van der Waals surface area (Å²) in [5.74, 6) is 0.0466. The van der Waals surface area contributed by atoms with E-state index in [-0.39, 0.29) is 5.75 Å². The van der Waals surface area contributed by atoms with Gasteiger partial charge in [-0.05, 0) is 22.6 Å². The molecule has 0 unspecified atom stereocenters. The predicted octanol–water partition coefficient (Wildman–Crippen LogP) is 4.02. The quantitative estimate of drug-likeness (QED) is 0.695. The maximum Gasteiger partial charge on any atom is 0.153 e. The number of rotatable bonds is 2. The van der Waals surface area contributed by atoms with Crippen LogP contribution in [0, 0.1) is 0 Å². The number of fused-ring (bicyclic) bond motifs is 1. The van der Waals surface area contributed by atoms with Crippen LogP contribution in [0.5, 0.6) is 5.75 Å². The third-order valence-electron chi connectivity index (χ3n) is 3.26. The molecule has 0 aromatic heterocycles. The zero-order valence-electron chi connectivity index (χ0n) is 10.2. The monoisotopic (exact) mass is 248 g/mol. The van der Waals surface area contributed by atoms with E-state index in [9.17, 15) is 9.90 Å². The Morgan fingerprint density at radius 2 is 1.47 bits per heavy atom. The van der Waals surface area contributed by atoms with E-state index in [1.807, 2.05) is 54.6 Å². The average molecular weight is 248 g/mol. The van der Waals surface area contributed by atoms with Gasteiger partial charge in [-0.3, -0.25) is 4.79 Å². The minimum atomic E-state index is 0.0466. The Morgan fingerprint density at radius 1 is 0.842 bits per heavy atom. The van der Waals surface area contributed by atoms with Gasteiger partial charge in [0.05, 0.1) is 5.56 Å². The maximum atomic E-state index is 11.1. The molecule has 3 rings (SSSR count). The van der Waals surface area contributed by atoms with Crippen molar-refractivity contribution in [2.75, 3.05) is 0 Å². The van der Waals surface area contributed by atoms with Crippen molar-refractivity contribution in [2.45, 2.75) is 0 Å². The number of benzene rings is 3. The number of carbonyl (C=O) groups excluding carboxylic acids is 1. The fourth-order valence-electron chi connectivity index (χ4n) is 2.33. The Morgan fingerprint density at radius 3 is 2.16 bits per heavy atom. The van der Waals surface area contributed by atoms with Crippen LogP contribution in [0.4, 0.5) is 0 Å². The molecular weight excluding hydrogens is 236 g/mol. The molecule has 1 N–H and O–H groups in total. The molecule has 0 aliphatic carbocycles. The summed E-state index contributed by atoms with van der Waals surface area (Å²) in [6, 6.07) is 19.1. The van der Waals surface area contributed by atoms with Crippen LogP contribution in [0.1, 0.15) is 10.4 Å². The molecule has 92 valence electrons. The van der Waals surface area contributed by atoms with Gasteiger partial charge in [0.15, 0.2) is 6.29 Å². The van der Waals surface area contributed by atoms with Gasteiger partial charge >= 0.3 is 0 Å². The standard InChI is InChI=1S/C17H12O2/c18-11-13-10-16(12-6-2-1-3-7-12)14-8-4-5-9-15(14)17(13)19/h1-11,19H. The number of aromatic hydroxyl groups is 1. The molecule has 0 saturated heterocycles. The van der Waals surface area contributed by atoms with Crippen molar-refractivity contribution in [2.24, 2.45) is 0 Å². The van der Waals surface area contributed by atoms with Crippen LogP contribution < -0.4 is 0 Å². The lowest BCUT2D eigenvalue weighted by Crippen LogP contribution is -1.88. The van der Waals surface area contributed by atoms with E-state index in [4.69, 9.17) is 0 Å². The Balaban J connectivity index is 2.42. The fraction of sp³-hybridized carbons (Fsp3) is 0. The molecule has 0 radical (unpaired) electrons. The van der Waals surface area contributed by atoms with E-state index in [1.165, 1.54) is 0 Å². The fourth-order valence-corrected chi connectivity index (χ4v) is 2.33. The van der Waals surface area contributed by atoms with Crippen LogP contribution in [-0.4, -0.2) is 11.4 Å². The summed E-state index contributed by atoms with van der Waals surface area (Å²) >= 11 is 0. The predicted molar refractivity (Wildman–Crippen MR) is 76.4 cm³/mol. The molecule has 0 bridgehead atoms. The second-order valence-corrected chi connectivity index (χ2v) is 4.39. The molecule has 0 saturated carbocycles. The Labute approximate surface area is 110 Å². The van der Waals surface area contributed by atoms with E-state index < -0.39 is 0 Å². The number of phenols is 1. The first-order valence-corrected chi connectivity index (χ1v) is 6.06. The molecule has 0 spiro atoms. The molecule has 0 atom stereocenters. The van der Waals surface area contributed by atoms with Crippen LogP contribution in [0.25, 0.3) is 21.9 Å². The van der Waals surface area contributed by atoms with Gasteiger partial charge in [-0.15, -0.1) is 0 Å². The van der Waals surface area contributed by atoms with E-state index in [0.29, 0.717) is 17.2 Å². The SMILES string of the molecule is O=Cc1cc(-c2ccccc2)c2ccccc2c1O. The first-order chi connectivity index (χ1) is 9.31. The third kappa shape index (κ3) is 1.87. The number of phenolic OH excluding ortho intramolecular Hbond substituents is 1.